The van der Waals surface area contributed by atoms with E-state index in [4.69, 9.17) is 4.98 Å². The Morgan fingerprint density at radius 2 is 1.91 bits per heavy atom. The fourth-order valence-corrected chi connectivity index (χ4v) is 3.26. The van der Waals surface area contributed by atoms with Gasteiger partial charge in [-0.25, -0.2) is 0 Å². The Morgan fingerprint density at radius 1 is 1.00 bits per heavy atom. The first-order valence-corrected chi connectivity index (χ1v) is 7.93. The maximum atomic E-state index is 4.95. The smallest absolute Gasteiger partial charge is 0.0712 e. The molecule has 118 valence electrons. The molecule has 3 aromatic rings. The van der Waals surface area contributed by atoms with Crippen LogP contribution < -0.4 is 5.32 Å². The summed E-state index contributed by atoms with van der Waals surface area (Å²) in [6.07, 6.45) is 4.29. The van der Waals surface area contributed by atoms with E-state index >= 15 is 0 Å². The molecule has 1 N–H and O–H groups in total. The van der Waals surface area contributed by atoms with Gasteiger partial charge in [0, 0.05) is 35.3 Å². The van der Waals surface area contributed by atoms with Gasteiger partial charge in [0.15, 0.2) is 0 Å². The Hall–Kier alpha value is -1.97. The lowest BCUT2D eigenvalue weighted by atomic mass is 9.95. The van der Waals surface area contributed by atoms with Crippen molar-refractivity contribution in [2.24, 2.45) is 0 Å². The van der Waals surface area contributed by atoms with Crippen LogP contribution in [0.5, 0.6) is 0 Å². The van der Waals surface area contributed by atoms with Crippen LogP contribution in [0.4, 0.5) is 0 Å². The zero-order valence-electron chi connectivity index (χ0n) is 12.9. The highest BCUT2D eigenvalue weighted by Gasteiger charge is 2.17. The van der Waals surface area contributed by atoms with Crippen LogP contribution in [0, 0.1) is 0 Å². The first-order valence-electron chi connectivity index (χ1n) is 7.93. The molecule has 1 aromatic carbocycles. The summed E-state index contributed by atoms with van der Waals surface area (Å²) in [4.78, 5) is 9.39. The summed E-state index contributed by atoms with van der Waals surface area (Å²) in [5, 5.41) is 4.64. The van der Waals surface area contributed by atoms with E-state index < -0.39 is 0 Å². The summed E-state index contributed by atoms with van der Waals surface area (Å²) in [5.41, 5.74) is 4.43. The number of nitrogens with zero attached hydrogens (tertiary/aromatic N) is 2. The number of halogens is 1. The molecule has 3 nitrogen and oxygen atoms in total. The van der Waals surface area contributed by atoms with E-state index in [9.17, 15) is 0 Å². The standard InChI is InChI=1S/C19H19N3.ClH/c1-6-16(15-7-4-12-21-18(15)9-1)19-10-2-8-17(22-19)14-5-3-11-20-13-14;/h1-2,4,6-10,12,14,20H,3,5,11,13H2;1H. The quantitative estimate of drug-likeness (QED) is 0.768. The minimum Gasteiger partial charge on any atom is -0.316 e. The number of nitrogens with one attached hydrogen (secondary N) is 1. The van der Waals surface area contributed by atoms with Gasteiger partial charge in [-0.05, 0) is 43.7 Å². The van der Waals surface area contributed by atoms with E-state index in [1.165, 1.54) is 18.5 Å². The molecule has 0 saturated carbocycles. The maximum absolute atomic E-state index is 4.95. The van der Waals surface area contributed by atoms with Crippen molar-refractivity contribution in [1.29, 1.82) is 0 Å². The molecule has 0 bridgehead atoms. The Morgan fingerprint density at radius 3 is 2.78 bits per heavy atom. The number of fused-ring (bicyclic) bond motifs is 1. The lowest BCUT2D eigenvalue weighted by Gasteiger charge is -2.22. The van der Waals surface area contributed by atoms with E-state index in [1.807, 2.05) is 18.3 Å². The van der Waals surface area contributed by atoms with Crippen LogP contribution in [0.2, 0.25) is 0 Å². The summed E-state index contributed by atoms with van der Waals surface area (Å²) >= 11 is 0. The molecule has 23 heavy (non-hydrogen) atoms. The number of hydrogen-bond acceptors (Lipinski definition) is 3. The molecule has 0 aliphatic carbocycles. The van der Waals surface area contributed by atoms with Crippen LogP contribution in [0.25, 0.3) is 22.2 Å². The molecule has 1 aliphatic rings. The van der Waals surface area contributed by atoms with E-state index in [-0.39, 0.29) is 12.4 Å². The van der Waals surface area contributed by atoms with Gasteiger partial charge < -0.3 is 5.32 Å². The van der Waals surface area contributed by atoms with Crippen LogP contribution in [0.15, 0.2) is 54.7 Å². The van der Waals surface area contributed by atoms with Gasteiger partial charge in [0.25, 0.3) is 0 Å². The fourth-order valence-electron chi connectivity index (χ4n) is 3.26. The van der Waals surface area contributed by atoms with Crippen LogP contribution >= 0.6 is 12.4 Å². The van der Waals surface area contributed by atoms with Crippen molar-refractivity contribution in [2.75, 3.05) is 13.1 Å². The molecule has 1 saturated heterocycles. The molecule has 1 atom stereocenters. The lowest BCUT2D eigenvalue weighted by Crippen LogP contribution is -2.28. The van der Waals surface area contributed by atoms with Gasteiger partial charge in [-0.2, -0.15) is 0 Å². The van der Waals surface area contributed by atoms with Gasteiger partial charge in [0.05, 0.1) is 11.2 Å². The van der Waals surface area contributed by atoms with E-state index in [0.717, 1.165) is 35.2 Å². The molecule has 3 heterocycles. The number of rotatable bonds is 2. The third-order valence-electron chi connectivity index (χ3n) is 4.41. The molecule has 1 unspecified atom stereocenters. The minimum atomic E-state index is 0. The maximum Gasteiger partial charge on any atom is 0.0712 e. The molecule has 2 aromatic heterocycles. The van der Waals surface area contributed by atoms with Gasteiger partial charge in [0.1, 0.15) is 0 Å². The highest BCUT2D eigenvalue weighted by atomic mass is 35.5. The molecule has 1 aliphatic heterocycles. The molecule has 0 amide bonds. The Kier molecular flexibility index (Phi) is 4.89. The minimum absolute atomic E-state index is 0. The van der Waals surface area contributed by atoms with Crippen molar-refractivity contribution in [2.45, 2.75) is 18.8 Å². The molecule has 1 fully saturated rings. The molecule has 4 rings (SSSR count). The number of pyridine rings is 2. The van der Waals surface area contributed by atoms with Gasteiger partial charge in [-0.1, -0.05) is 24.3 Å². The topological polar surface area (TPSA) is 37.8 Å². The summed E-state index contributed by atoms with van der Waals surface area (Å²) in [6.45, 7) is 2.17. The molecular weight excluding hydrogens is 306 g/mol. The van der Waals surface area contributed by atoms with Gasteiger partial charge in [-0.15, -0.1) is 12.4 Å². The van der Waals surface area contributed by atoms with Crippen molar-refractivity contribution < 1.29 is 0 Å². The van der Waals surface area contributed by atoms with E-state index in [2.05, 4.69) is 46.7 Å². The van der Waals surface area contributed by atoms with Crippen molar-refractivity contribution in [3.63, 3.8) is 0 Å². The Bertz CT molecular complexity index is 792. The SMILES string of the molecule is Cl.c1cc(-c2cccc3ncccc23)nc(C2CCCNC2)c1. The van der Waals surface area contributed by atoms with E-state index in [0.29, 0.717) is 5.92 Å². The lowest BCUT2D eigenvalue weighted by molar-refractivity contribution is 0.455. The number of hydrogen-bond donors (Lipinski definition) is 1. The van der Waals surface area contributed by atoms with Crippen LogP contribution in [0.1, 0.15) is 24.5 Å². The zero-order chi connectivity index (χ0) is 14.8. The largest absolute Gasteiger partial charge is 0.316 e. The Balaban J connectivity index is 0.00000156. The predicted octanol–water partition coefficient (Wildman–Crippen LogP) is 4.19. The molecule has 0 radical (unpaired) electrons. The second kappa shape index (κ2) is 7.07. The highest BCUT2D eigenvalue weighted by Crippen LogP contribution is 2.28. The average Bonchev–Trinajstić information content (AvgIpc) is 2.62. The van der Waals surface area contributed by atoms with E-state index in [1.54, 1.807) is 0 Å². The van der Waals surface area contributed by atoms with Crippen molar-refractivity contribution >= 4 is 23.3 Å². The van der Waals surface area contributed by atoms with Crippen molar-refractivity contribution in [1.82, 2.24) is 15.3 Å². The van der Waals surface area contributed by atoms with Gasteiger partial charge in [-0.3, -0.25) is 9.97 Å². The normalized spacial score (nSPS) is 17.7. The van der Waals surface area contributed by atoms with Crippen molar-refractivity contribution in [3.8, 4) is 11.3 Å². The fraction of sp³-hybridized carbons (Fsp3) is 0.263. The first-order chi connectivity index (χ1) is 10.9. The summed E-state index contributed by atoms with van der Waals surface area (Å²) < 4.78 is 0. The third-order valence-corrected chi connectivity index (χ3v) is 4.41. The molecule has 0 spiro atoms. The molecular formula is C19H20ClN3. The number of benzene rings is 1. The first kappa shape index (κ1) is 15.9. The second-order valence-corrected chi connectivity index (χ2v) is 5.87. The summed E-state index contributed by atoms with van der Waals surface area (Å²) in [7, 11) is 0. The number of aromatic nitrogens is 2. The zero-order valence-corrected chi connectivity index (χ0v) is 13.7. The van der Waals surface area contributed by atoms with Crippen LogP contribution in [-0.4, -0.2) is 23.1 Å². The Labute approximate surface area is 142 Å². The average molecular weight is 326 g/mol. The predicted molar refractivity (Wildman–Crippen MR) is 97.1 cm³/mol. The van der Waals surface area contributed by atoms with Crippen LogP contribution in [0.3, 0.4) is 0 Å². The highest BCUT2D eigenvalue weighted by molar-refractivity contribution is 5.93. The molecule has 4 heteroatoms. The van der Waals surface area contributed by atoms with Crippen molar-refractivity contribution in [3.05, 3.63) is 60.4 Å². The van der Waals surface area contributed by atoms with Gasteiger partial charge >= 0.3 is 0 Å². The number of piperidine rings is 1. The van der Waals surface area contributed by atoms with Gasteiger partial charge in [0.2, 0.25) is 0 Å². The summed E-state index contributed by atoms with van der Waals surface area (Å²) in [6, 6.07) is 16.7. The van der Waals surface area contributed by atoms with Crippen LogP contribution in [-0.2, 0) is 0 Å². The summed E-state index contributed by atoms with van der Waals surface area (Å²) in [5.74, 6) is 0.529. The third kappa shape index (κ3) is 3.21. The second-order valence-electron chi connectivity index (χ2n) is 5.87. The monoisotopic (exact) mass is 325 g/mol.